The Labute approximate surface area is 201 Å². The largest absolute Gasteiger partial charge is 0.465 e. The molecule has 0 spiro atoms. The van der Waals surface area contributed by atoms with E-state index in [0.29, 0.717) is 26.2 Å². The van der Waals surface area contributed by atoms with Gasteiger partial charge in [-0.15, -0.1) is 0 Å². The molecule has 4 N–H and O–H groups in total. The van der Waals surface area contributed by atoms with E-state index >= 15 is 0 Å². The Kier molecular flexibility index (Phi) is 13.6. The Morgan fingerprint density at radius 3 is 0.882 bits per heavy atom. The molecule has 12 heteroatoms. The Bertz CT molecular complexity index is 561. The smallest absolute Gasteiger partial charge is 0.326 e. The highest BCUT2D eigenvalue weighted by molar-refractivity contribution is 6.01. The third kappa shape index (κ3) is 7.90. The van der Waals surface area contributed by atoms with Gasteiger partial charge in [0.05, 0.1) is 26.4 Å². The maximum Gasteiger partial charge on any atom is 0.326 e. The van der Waals surface area contributed by atoms with Gasteiger partial charge in [-0.05, 0) is 27.7 Å². The van der Waals surface area contributed by atoms with E-state index in [-0.39, 0.29) is 52.6 Å². The zero-order chi connectivity index (χ0) is 25.5. The zero-order valence-electron chi connectivity index (χ0n) is 20.8. The molecule has 1 aliphatic rings. The Morgan fingerprint density at radius 1 is 0.500 bits per heavy atom. The number of carbonyl (C=O) groups excluding carboxylic acids is 4. The maximum absolute atomic E-state index is 12.8. The van der Waals surface area contributed by atoms with Crippen molar-refractivity contribution in [2.75, 3.05) is 78.8 Å². The van der Waals surface area contributed by atoms with Crippen LogP contribution < -0.4 is 21.3 Å². The van der Waals surface area contributed by atoms with Crippen LogP contribution in [0.5, 0.6) is 0 Å². The molecule has 0 saturated carbocycles. The quantitative estimate of drug-likeness (QED) is 0.180. The SMILES string of the molecule is CCOC(=O)C1(C(=O)OCC)CNCCNCC(C(=O)OCC)(C(=O)OCC)CNCCNC1. The van der Waals surface area contributed by atoms with Crippen LogP contribution in [-0.2, 0) is 38.1 Å². The van der Waals surface area contributed by atoms with Crippen LogP contribution in [0.4, 0.5) is 0 Å². The average Bonchev–Trinajstić information content (AvgIpc) is 2.80. The number of ether oxygens (including phenoxy) is 4. The minimum Gasteiger partial charge on any atom is -0.465 e. The zero-order valence-corrected chi connectivity index (χ0v) is 20.8. The lowest BCUT2D eigenvalue weighted by Gasteiger charge is -2.32. The molecular weight excluding hydrogens is 448 g/mol. The molecule has 0 aromatic heterocycles. The van der Waals surface area contributed by atoms with Crippen molar-refractivity contribution in [1.29, 1.82) is 0 Å². The Balaban J connectivity index is 3.06. The van der Waals surface area contributed by atoms with E-state index in [4.69, 9.17) is 18.9 Å². The summed E-state index contributed by atoms with van der Waals surface area (Å²) >= 11 is 0. The lowest BCUT2D eigenvalue weighted by atomic mass is 9.87. The predicted octanol–water partition coefficient (Wildman–Crippen LogP) is -1.42. The van der Waals surface area contributed by atoms with E-state index in [2.05, 4.69) is 21.3 Å². The second-order valence-corrected chi connectivity index (χ2v) is 7.75. The summed E-state index contributed by atoms with van der Waals surface area (Å²) in [7, 11) is 0. The van der Waals surface area contributed by atoms with Gasteiger partial charge in [0.1, 0.15) is 0 Å². The van der Waals surface area contributed by atoms with Gasteiger partial charge in [-0.1, -0.05) is 0 Å². The van der Waals surface area contributed by atoms with Crippen molar-refractivity contribution in [3.05, 3.63) is 0 Å². The number of carbonyl (C=O) groups is 4. The fourth-order valence-electron chi connectivity index (χ4n) is 3.51. The van der Waals surface area contributed by atoms with Crippen LogP contribution in [0.2, 0.25) is 0 Å². The summed E-state index contributed by atoms with van der Waals surface area (Å²) in [6.45, 7) is 8.57. The maximum atomic E-state index is 12.8. The molecule has 1 aliphatic heterocycles. The number of hydrogen-bond donors (Lipinski definition) is 4. The fourth-order valence-corrected chi connectivity index (χ4v) is 3.51. The minimum absolute atomic E-state index is 0.00628. The van der Waals surface area contributed by atoms with Gasteiger partial charge in [0.15, 0.2) is 10.8 Å². The molecule has 0 aromatic rings. The van der Waals surface area contributed by atoms with Crippen LogP contribution in [0.1, 0.15) is 27.7 Å². The number of esters is 4. The summed E-state index contributed by atoms with van der Waals surface area (Å²) in [6.07, 6.45) is 0. The molecule has 1 rings (SSSR count). The van der Waals surface area contributed by atoms with Gasteiger partial charge < -0.3 is 40.2 Å². The van der Waals surface area contributed by atoms with Crippen molar-refractivity contribution < 1.29 is 38.1 Å². The average molecular weight is 489 g/mol. The first-order chi connectivity index (χ1) is 16.3. The lowest BCUT2D eigenvalue weighted by molar-refractivity contribution is -0.173. The van der Waals surface area contributed by atoms with E-state index in [9.17, 15) is 19.2 Å². The van der Waals surface area contributed by atoms with Gasteiger partial charge in [0, 0.05) is 52.4 Å². The molecule has 1 saturated heterocycles. The van der Waals surface area contributed by atoms with E-state index in [1.54, 1.807) is 27.7 Å². The molecule has 0 aromatic carbocycles. The topological polar surface area (TPSA) is 153 Å². The molecule has 12 nitrogen and oxygen atoms in total. The third-order valence-electron chi connectivity index (χ3n) is 5.33. The van der Waals surface area contributed by atoms with Crippen LogP contribution in [0.25, 0.3) is 0 Å². The highest BCUT2D eigenvalue weighted by Gasteiger charge is 2.50. The van der Waals surface area contributed by atoms with Crippen molar-refractivity contribution in [1.82, 2.24) is 21.3 Å². The summed E-state index contributed by atoms with van der Waals surface area (Å²) in [5.41, 5.74) is -3.09. The standard InChI is InChI=1S/C22H40N4O8/c1-5-31-17(27)21(18(28)32-6-2)13-23-9-11-25-15-22(19(29)33-7-3,20(30)34-8-4)16-26-12-10-24-14-21/h23-26H,5-16H2,1-4H3. The molecule has 1 fully saturated rings. The molecular formula is C22H40N4O8. The van der Waals surface area contributed by atoms with Crippen molar-refractivity contribution in [3.8, 4) is 0 Å². The summed E-state index contributed by atoms with van der Waals surface area (Å²) in [5, 5.41) is 12.4. The third-order valence-corrected chi connectivity index (χ3v) is 5.33. The van der Waals surface area contributed by atoms with Crippen LogP contribution in [-0.4, -0.2) is 103 Å². The van der Waals surface area contributed by atoms with E-state index in [1.165, 1.54) is 0 Å². The van der Waals surface area contributed by atoms with Crippen molar-refractivity contribution in [3.63, 3.8) is 0 Å². The van der Waals surface area contributed by atoms with E-state index in [0.717, 1.165) is 0 Å². The fraction of sp³-hybridized carbons (Fsp3) is 0.818. The molecule has 1 heterocycles. The molecule has 34 heavy (non-hydrogen) atoms. The van der Waals surface area contributed by atoms with Gasteiger partial charge in [0.2, 0.25) is 0 Å². The van der Waals surface area contributed by atoms with Crippen molar-refractivity contribution >= 4 is 23.9 Å². The van der Waals surface area contributed by atoms with Crippen LogP contribution in [0.15, 0.2) is 0 Å². The first-order valence-electron chi connectivity index (χ1n) is 11.9. The number of hydrogen-bond acceptors (Lipinski definition) is 12. The summed E-state index contributed by atoms with van der Waals surface area (Å²) in [4.78, 5) is 51.2. The first kappa shape index (κ1) is 29.8. The predicted molar refractivity (Wildman–Crippen MR) is 123 cm³/mol. The van der Waals surface area contributed by atoms with Gasteiger partial charge in [-0.3, -0.25) is 19.2 Å². The highest BCUT2D eigenvalue weighted by Crippen LogP contribution is 2.22. The summed E-state index contributed by atoms with van der Waals surface area (Å²) in [6, 6.07) is 0. The van der Waals surface area contributed by atoms with Crippen LogP contribution in [0, 0.1) is 10.8 Å². The number of rotatable bonds is 8. The molecule has 0 radical (unpaired) electrons. The highest BCUT2D eigenvalue weighted by atomic mass is 16.6. The molecule has 0 aliphatic carbocycles. The lowest BCUT2D eigenvalue weighted by Crippen LogP contribution is -2.58. The molecule has 0 amide bonds. The Morgan fingerprint density at radius 2 is 0.706 bits per heavy atom. The van der Waals surface area contributed by atoms with Crippen LogP contribution >= 0.6 is 0 Å². The second kappa shape index (κ2) is 15.6. The number of nitrogens with one attached hydrogen (secondary N) is 4. The van der Waals surface area contributed by atoms with Gasteiger partial charge in [-0.25, -0.2) is 0 Å². The second-order valence-electron chi connectivity index (χ2n) is 7.75. The normalized spacial score (nSPS) is 19.2. The summed E-state index contributed by atoms with van der Waals surface area (Å²) in [5.74, 6) is -2.65. The molecule has 0 bridgehead atoms. The molecule has 0 atom stereocenters. The van der Waals surface area contributed by atoms with Crippen molar-refractivity contribution in [2.24, 2.45) is 10.8 Å². The minimum atomic E-state index is -1.55. The summed E-state index contributed by atoms with van der Waals surface area (Å²) < 4.78 is 20.8. The van der Waals surface area contributed by atoms with Gasteiger partial charge >= 0.3 is 23.9 Å². The first-order valence-corrected chi connectivity index (χ1v) is 11.9. The monoisotopic (exact) mass is 488 g/mol. The van der Waals surface area contributed by atoms with Gasteiger partial charge in [-0.2, -0.15) is 0 Å². The van der Waals surface area contributed by atoms with E-state index in [1.807, 2.05) is 0 Å². The molecule has 0 unspecified atom stereocenters. The molecule has 196 valence electrons. The van der Waals surface area contributed by atoms with Crippen LogP contribution in [0.3, 0.4) is 0 Å². The van der Waals surface area contributed by atoms with Crippen molar-refractivity contribution in [2.45, 2.75) is 27.7 Å². The van der Waals surface area contributed by atoms with Gasteiger partial charge in [0.25, 0.3) is 0 Å². The van der Waals surface area contributed by atoms with E-state index < -0.39 is 34.7 Å². The Hall–Kier alpha value is -2.28.